The zero-order valence-corrected chi connectivity index (χ0v) is 20.0. The van der Waals surface area contributed by atoms with Crippen LogP contribution < -0.4 is 10.1 Å². The van der Waals surface area contributed by atoms with Crippen molar-refractivity contribution < 1.29 is 36.6 Å². The van der Waals surface area contributed by atoms with Crippen LogP contribution in [0.3, 0.4) is 0 Å². The Kier molecular flexibility index (Phi) is 9.17. The number of nitrogens with zero attached hydrogens (tertiary/aromatic N) is 2. The first kappa shape index (κ1) is 26.5. The first-order valence-electron chi connectivity index (χ1n) is 10.4. The number of rotatable bonds is 8. The molecule has 12 heteroatoms. The van der Waals surface area contributed by atoms with Gasteiger partial charge in [0.2, 0.25) is 15.9 Å². The van der Waals surface area contributed by atoms with Crippen molar-refractivity contribution in [3.63, 3.8) is 0 Å². The number of aromatic nitrogens is 1. The van der Waals surface area contributed by atoms with Crippen molar-refractivity contribution in [1.82, 2.24) is 14.6 Å². The normalized spacial score (nSPS) is 16.2. The van der Waals surface area contributed by atoms with Crippen LogP contribution in [0, 0.1) is 5.92 Å². The molecule has 0 radical (unpaired) electrons. The molecule has 1 aromatic rings. The molecule has 0 aliphatic carbocycles. The fraction of sp³-hybridized carbons (Fsp3) is 0.571. The van der Waals surface area contributed by atoms with Gasteiger partial charge in [-0.25, -0.2) is 22.6 Å². The van der Waals surface area contributed by atoms with Crippen LogP contribution in [-0.4, -0.2) is 68.7 Å². The van der Waals surface area contributed by atoms with Gasteiger partial charge in [0.25, 0.3) is 0 Å². The first-order valence-corrected chi connectivity index (χ1v) is 11.8. The van der Waals surface area contributed by atoms with E-state index in [1.807, 2.05) is 0 Å². The van der Waals surface area contributed by atoms with E-state index >= 15 is 0 Å². The Balaban J connectivity index is 1.89. The molecular formula is C21H30FN3O7S. The van der Waals surface area contributed by atoms with Gasteiger partial charge >= 0.3 is 12.1 Å². The lowest BCUT2D eigenvalue weighted by Gasteiger charge is -2.29. The minimum absolute atomic E-state index is 0.0146. The van der Waals surface area contributed by atoms with E-state index in [0.717, 1.165) is 6.20 Å². The largest absolute Gasteiger partial charge is 0.473 e. The van der Waals surface area contributed by atoms with Gasteiger partial charge in [0.15, 0.2) is 0 Å². The zero-order valence-electron chi connectivity index (χ0n) is 19.2. The number of halogens is 1. The van der Waals surface area contributed by atoms with E-state index in [2.05, 4.69) is 10.3 Å². The van der Waals surface area contributed by atoms with Crippen LogP contribution in [0.25, 0.3) is 0 Å². The molecule has 0 unspecified atom stereocenters. The lowest BCUT2D eigenvalue weighted by molar-refractivity contribution is -0.146. The molecular weight excluding hydrogens is 457 g/mol. The average Bonchev–Trinajstić information content (AvgIpc) is 2.78. The first-order chi connectivity index (χ1) is 15.5. The SMILES string of the molecule is COC(=O)C1CCN(S(=O)(=O)c2ccc(OC/C(=C/F)CNC(=O)OC(C)(C)C)nc2)CC1. The highest BCUT2D eigenvalue weighted by Crippen LogP contribution is 2.25. The van der Waals surface area contributed by atoms with E-state index in [1.54, 1.807) is 20.8 Å². The quantitative estimate of drug-likeness (QED) is 0.555. The molecule has 0 saturated carbocycles. The second kappa shape index (κ2) is 11.4. The molecule has 1 aliphatic heterocycles. The average molecular weight is 488 g/mol. The Morgan fingerprint density at radius 3 is 2.45 bits per heavy atom. The van der Waals surface area contributed by atoms with Crippen molar-refractivity contribution in [1.29, 1.82) is 0 Å². The van der Waals surface area contributed by atoms with Crippen LogP contribution in [0.5, 0.6) is 5.88 Å². The molecule has 0 spiro atoms. The Morgan fingerprint density at radius 1 is 1.27 bits per heavy atom. The number of sulfonamides is 1. The summed E-state index contributed by atoms with van der Waals surface area (Å²) in [7, 11) is -2.46. The fourth-order valence-corrected chi connectivity index (χ4v) is 4.46. The summed E-state index contributed by atoms with van der Waals surface area (Å²) in [5.74, 6) is -0.550. The molecule has 1 aromatic heterocycles. The molecule has 1 N–H and O–H groups in total. The number of nitrogens with one attached hydrogen (secondary N) is 1. The molecule has 0 aromatic carbocycles. The van der Waals surface area contributed by atoms with Crippen LogP contribution in [0.1, 0.15) is 33.6 Å². The Labute approximate surface area is 193 Å². The minimum atomic E-state index is -3.77. The molecule has 184 valence electrons. The van der Waals surface area contributed by atoms with Crippen LogP contribution in [0.4, 0.5) is 9.18 Å². The van der Waals surface area contributed by atoms with Gasteiger partial charge in [0, 0.05) is 31.3 Å². The van der Waals surface area contributed by atoms with Crippen molar-refractivity contribution in [2.24, 2.45) is 5.92 Å². The zero-order chi connectivity index (χ0) is 24.6. The minimum Gasteiger partial charge on any atom is -0.473 e. The highest BCUT2D eigenvalue weighted by atomic mass is 32.2. The van der Waals surface area contributed by atoms with E-state index in [-0.39, 0.29) is 54.5 Å². The van der Waals surface area contributed by atoms with Gasteiger partial charge in [-0.2, -0.15) is 4.31 Å². The maximum absolute atomic E-state index is 13.1. The number of carbonyl (C=O) groups is 2. The summed E-state index contributed by atoms with van der Waals surface area (Å²) in [6, 6.07) is 2.72. The van der Waals surface area contributed by atoms with E-state index in [9.17, 15) is 22.4 Å². The highest BCUT2D eigenvalue weighted by molar-refractivity contribution is 7.89. The molecule has 2 rings (SSSR count). The van der Waals surface area contributed by atoms with E-state index in [1.165, 1.54) is 23.5 Å². The molecule has 2 heterocycles. The van der Waals surface area contributed by atoms with Gasteiger partial charge in [0.1, 0.15) is 17.1 Å². The number of pyridine rings is 1. The molecule has 1 fully saturated rings. The number of hydrogen-bond donors (Lipinski definition) is 1. The maximum atomic E-state index is 13.1. The van der Waals surface area contributed by atoms with Crippen LogP contribution in [0.15, 0.2) is 35.1 Å². The Morgan fingerprint density at radius 2 is 1.94 bits per heavy atom. The molecule has 10 nitrogen and oxygen atoms in total. The standard InChI is InChI=1S/C21H30FN3O7S/c1-21(2,3)32-20(27)24-12-15(11-22)14-31-18-6-5-17(13-23-18)33(28,29)25-9-7-16(8-10-25)19(26)30-4/h5-6,11,13,16H,7-10,12,14H2,1-4H3,(H,24,27)/b15-11+. The van der Waals surface area contributed by atoms with Gasteiger partial charge in [-0.15, -0.1) is 0 Å². The van der Waals surface area contributed by atoms with E-state index in [4.69, 9.17) is 14.2 Å². The number of methoxy groups -OCH3 is 1. The summed E-state index contributed by atoms with van der Waals surface area (Å²) >= 11 is 0. The Hall–Kier alpha value is -2.73. The molecule has 1 aliphatic rings. The second-order valence-electron chi connectivity index (χ2n) is 8.45. The number of alkyl carbamates (subject to hydrolysis) is 1. The number of hydrogen-bond acceptors (Lipinski definition) is 8. The van der Waals surface area contributed by atoms with Crippen molar-refractivity contribution in [2.45, 2.75) is 44.1 Å². The van der Waals surface area contributed by atoms with Crippen LogP contribution in [-0.2, 0) is 24.3 Å². The van der Waals surface area contributed by atoms with Gasteiger partial charge in [-0.1, -0.05) is 0 Å². The topological polar surface area (TPSA) is 124 Å². The number of amides is 1. The highest BCUT2D eigenvalue weighted by Gasteiger charge is 2.32. The molecule has 0 bridgehead atoms. The Bertz CT molecular complexity index is 951. The summed E-state index contributed by atoms with van der Waals surface area (Å²) in [5, 5.41) is 2.42. The second-order valence-corrected chi connectivity index (χ2v) is 10.4. The van der Waals surface area contributed by atoms with Gasteiger partial charge in [-0.05, 0) is 39.7 Å². The third-order valence-corrected chi connectivity index (χ3v) is 6.64. The van der Waals surface area contributed by atoms with Crippen molar-refractivity contribution in [3.05, 3.63) is 30.2 Å². The lowest BCUT2D eigenvalue weighted by Crippen LogP contribution is -2.40. The van der Waals surface area contributed by atoms with Crippen molar-refractivity contribution >= 4 is 22.1 Å². The third kappa shape index (κ3) is 7.97. The molecule has 0 atom stereocenters. The van der Waals surface area contributed by atoms with Crippen LogP contribution in [0.2, 0.25) is 0 Å². The summed E-state index contributed by atoms with van der Waals surface area (Å²) < 4.78 is 55.2. The van der Waals surface area contributed by atoms with Crippen LogP contribution >= 0.6 is 0 Å². The molecule has 1 amide bonds. The smallest absolute Gasteiger partial charge is 0.407 e. The number of ether oxygens (including phenoxy) is 3. The predicted molar refractivity (Wildman–Crippen MR) is 117 cm³/mol. The molecule has 33 heavy (non-hydrogen) atoms. The number of piperidine rings is 1. The summed E-state index contributed by atoms with van der Waals surface area (Å²) in [4.78, 5) is 27.3. The fourth-order valence-electron chi connectivity index (χ4n) is 3.04. The maximum Gasteiger partial charge on any atom is 0.407 e. The van der Waals surface area contributed by atoms with Crippen molar-refractivity contribution in [2.75, 3.05) is 33.4 Å². The molecule has 1 saturated heterocycles. The number of carbonyl (C=O) groups excluding carboxylic acids is 2. The predicted octanol–water partition coefficient (Wildman–Crippen LogP) is 2.41. The van der Waals surface area contributed by atoms with E-state index < -0.39 is 21.7 Å². The van der Waals surface area contributed by atoms with Gasteiger partial charge in [-0.3, -0.25) is 4.79 Å². The third-order valence-electron chi connectivity index (χ3n) is 4.75. The van der Waals surface area contributed by atoms with E-state index in [0.29, 0.717) is 19.2 Å². The monoisotopic (exact) mass is 487 g/mol. The summed E-state index contributed by atoms with van der Waals surface area (Å²) in [6.45, 7) is 5.21. The van der Waals surface area contributed by atoms with Gasteiger partial charge in [0.05, 0.1) is 25.6 Å². The lowest BCUT2D eigenvalue weighted by atomic mass is 9.99. The van der Waals surface area contributed by atoms with Crippen molar-refractivity contribution in [3.8, 4) is 5.88 Å². The number of esters is 1. The summed E-state index contributed by atoms with van der Waals surface area (Å²) in [6.07, 6.45) is 1.56. The summed E-state index contributed by atoms with van der Waals surface area (Å²) in [5.41, 5.74) is -0.545. The van der Waals surface area contributed by atoms with Gasteiger partial charge < -0.3 is 19.5 Å².